The summed E-state index contributed by atoms with van der Waals surface area (Å²) in [6, 6.07) is 8.06. The van der Waals surface area contributed by atoms with E-state index in [0.29, 0.717) is 18.8 Å². The Bertz CT molecular complexity index is 943. The predicted molar refractivity (Wildman–Crippen MR) is 112 cm³/mol. The van der Waals surface area contributed by atoms with E-state index in [1.54, 1.807) is 16.0 Å². The third-order valence-electron chi connectivity index (χ3n) is 4.42. The zero-order chi connectivity index (χ0) is 19.6. The number of hydrogen-bond acceptors (Lipinski definition) is 5. The minimum atomic E-state index is -0.0352. The number of rotatable bonds is 7. The molecule has 0 N–H and O–H groups in total. The van der Waals surface area contributed by atoms with Gasteiger partial charge in [0, 0.05) is 13.1 Å². The van der Waals surface area contributed by atoms with Crippen molar-refractivity contribution in [3.05, 3.63) is 41.2 Å². The summed E-state index contributed by atoms with van der Waals surface area (Å²) in [5, 5.41) is 5.18. The van der Waals surface area contributed by atoms with Gasteiger partial charge >= 0.3 is 0 Å². The van der Waals surface area contributed by atoms with Crippen LogP contribution in [0.15, 0.2) is 24.3 Å². The topological polar surface area (TPSA) is 54.3 Å². The lowest BCUT2D eigenvalue weighted by Crippen LogP contribution is -2.34. The molecular formula is C20H27N5OS. The van der Waals surface area contributed by atoms with E-state index < -0.39 is 0 Å². The summed E-state index contributed by atoms with van der Waals surface area (Å²) in [5.74, 6) is -0.0352. The Hall–Kier alpha value is -2.25. The van der Waals surface area contributed by atoms with Gasteiger partial charge < -0.3 is 4.90 Å². The van der Waals surface area contributed by atoms with E-state index in [1.165, 1.54) is 5.56 Å². The number of amides is 1. The number of carbonyl (C=O) groups is 1. The van der Waals surface area contributed by atoms with Crippen LogP contribution in [-0.4, -0.2) is 52.8 Å². The molecule has 27 heavy (non-hydrogen) atoms. The maximum absolute atomic E-state index is 13.4. The zero-order valence-corrected chi connectivity index (χ0v) is 17.5. The molecule has 6 nitrogen and oxygen atoms in total. The van der Waals surface area contributed by atoms with Crippen LogP contribution >= 0.6 is 11.3 Å². The second kappa shape index (κ2) is 8.19. The van der Waals surface area contributed by atoms with E-state index in [1.807, 2.05) is 45.0 Å². The standard InChI is InChI=1S/C20H27N5OS/c1-6-25-17(13-15(3)22-25)19(26)24(11-7-10-23(4)5)20-21-16-9-8-14(2)12-18(16)27-20/h8-9,12-13H,6-7,10-11H2,1-5H3. The van der Waals surface area contributed by atoms with Gasteiger partial charge in [-0.25, -0.2) is 4.98 Å². The first-order valence-corrected chi connectivity index (χ1v) is 10.1. The highest BCUT2D eigenvalue weighted by molar-refractivity contribution is 7.22. The van der Waals surface area contributed by atoms with Crippen LogP contribution in [0.25, 0.3) is 10.2 Å². The Balaban J connectivity index is 1.97. The van der Waals surface area contributed by atoms with Crippen LogP contribution in [0.3, 0.4) is 0 Å². The van der Waals surface area contributed by atoms with Gasteiger partial charge in [-0.2, -0.15) is 5.10 Å². The largest absolute Gasteiger partial charge is 0.309 e. The number of nitrogens with zero attached hydrogens (tertiary/aromatic N) is 5. The van der Waals surface area contributed by atoms with E-state index in [0.717, 1.165) is 34.0 Å². The quantitative estimate of drug-likeness (QED) is 0.622. The Morgan fingerprint density at radius 1 is 1.19 bits per heavy atom. The highest BCUT2D eigenvalue weighted by atomic mass is 32.1. The summed E-state index contributed by atoms with van der Waals surface area (Å²) in [7, 11) is 4.09. The minimum absolute atomic E-state index is 0.0352. The molecule has 0 aliphatic rings. The number of hydrogen-bond donors (Lipinski definition) is 0. The lowest BCUT2D eigenvalue weighted by molar-refractivity contribution is 0.0975. The second-order valence-corrected chi connectivity index (χ2v) is 8.08. The van der Waals surface area contributed by atoms with Gasteiger partial charge in [-0.05, 0) is 71.6 Å². The second-order valence-electron chi connectivity index (χ2n) is 7.07. The van der Waals surface area contributed by atoms with Gasteiger partial charge in [-0.15, -0.1) is 0 Å². The molecule has 0 radical (unpaired) electrons. The van der Waals surface area contributed by atoms with Crippen LogP contribution < -0.4 is 4.90 Å². The van der Waals surface area contributed by atoms with Crippen molar-refractivity contribution in [3.8, 4) is 0 Å². The van der Waals surface area contributed by atoms with Crippen molar-refractivity contribution >= 4 is 32.6 Å². The predicted octanol–water partition coefficient (Wildman–Crippen LogP) is 3.73. The van der Waals surface area contributed by atoms with Crippen LogP contribution in [0.4, 0.5) is 5.13 Å². The molecule has 0 aliphatic heterocycles. The van der Waals surface area contributed by atoms with Crippen LogP contribution in [0, 0.1) is 13.8 Å². The van der Waals surface area contributed by atoms with Gasteiger partial charge in [-0.1, -0.05) is 17.4 Å². The van der Waals surface area contributed by atoms with Gasteiger partial charge in [0.15, 0.2) is 5.13 Å². The number of fused-ring (bicyclic) bond motifs is 1. The summed E-state index contributed by atoms with van der Waals surface area (Å²) in [6.45, 7) is 8.20. The van der Waals surface area contributed by atoms with E-state index in [-0.39, 0.29) is 5.91 Å². The fourth-order valence-corrected chi connectivity index (χ4v) is 4.15. The molecule has 1 amide bonds. The summed E-state index contributed by atoms with van der Waals surface area (Å²) < 4.78 is 2.88. The van der Waals surface area contributed by atoms with Crippen molar-refractivity contribution < 1.29 is 4.79 Å². The van der Waals surface area contributed by atoms with Crippen LogP contribution in [0.2, 0.25) is 0 Å². The van der Waals surface area contributed by atoms with E-state index in [2.05, 4.69) is 29.1 Å². The fraction of sp³-hybridized carbons (Fsp3) is 0.450. The molecule has 0 spiro atoms. The molecule has 144 valence electrons. The average molecular weight is 386 g/mol. The first-order valence-electron chi connectivity index (χ1n) is 9.27. The van der Waals surface area contributed by atoms with Gasteiger partial charge in [0.1, 0.15) is 5.69 Å². The van der Waals surface area contributed by atoms with Crippen molar-refractivity contribution in [1.82, 2.24) is 19.7 Å². The normalized spacial score (nSPS) is 11.5. The van der Waals surface area contributed by atoms with Crippen LogP contribution in [0.5, 0.6) is 0 Å². The number of aromatic nitrogens is 3. The van der Waals surface area contributed by atoms with E-state index in [9.17, 15) is 4.79 Å². The number of anilines is 1. The van der Waals surface area contributed by atoms with Crippen molar-refractivity contribution in [2.75, 3.05) is 32.1 Å². The highest BCUT2D eigenvalue weighted by Crippen LogP contribution is 2.30. The minimum Gasteiger partial charge on any atom is -0.309 e. The number of aryl methyl sites for hydroxylation is 3. The van der Waals surface area contributed by atoms with Crippen molar-refractivity contribution in [3.63, 3.8) is 0 Å². The molecule has 7 heteroatoms. The van der Waals surface area contributed by atoms with E-state index in [4.69, 9.17) is 4.98 Å². The molecule has 2 heterocycles. The first-order chi connectivity index (χ1) is 12.9. The molecule has 0 saturated heterocycles. The number of thiazole rings is 1. The maximum Gasteiger partial charge on any atom is 0.278 e. The maximum atomic E-state index is 13.4. The van der Waals surface area contributed by atoms with Crippen molar-refractivity contribution in [2.45, 2.75) is 33.7 Å². The molecule has 0 fully saturated rings. The number of benzene rings is 1. The van der Waals surface area contributed by atoms with Gasteiger partial charge in [0.2, 0.25) is 0 Å². The monoisotopic (exact) mass is 385 g/mol. The third kappa shape index (κ3) is 4.36. The molecule has 0 aliphatic carbocycles. The smallest absolute Gasteiger partial charge is 0.278 e. The highest BCUT2D eigenvalue weighted by Gasteiger charge is 2.24. The summed E-state index contributed by atoms with van der Waals surface area (Å²) in [5.41, 5.74) is 3.61. The summed E-state index contributed by atoms with van der Waals surface area (Å²) >= 11 is 1.57. The SMILES string of the molecule is CCn1nc(C)cc1C(=O)N(CCCN(C)C)c1nc2ccc(C)cc2s1. The molecule has 0 saturated carbocycles. The third-order valence-corrected chi connectivity index (χ3v) is 5.46. The lowest BCUT2D eigenvalue weighted by Gasteiger charge is -2.21. The van der Waals surface area contributed by atoms with Crippen LogP contribution in [0.1, 0.15) is 35.1 Å². The molecule has 3 rings (SSSR count). The average Bonchev–Trinajstić information content (AvgIpc) is 3.20. The molecule has 0 atom stereocenters. The molecule has 0 bridgehead atoms. The molecule has 3 aromatic rings. The Morgan fingerprint density at radius 3 is 2.67 bits per heavy atom. The molecular weight excluding hydrogens is 358 g/mol. The fourth-order valence-electron chi connectivity index (χ4n) is 3.06. The van der Waals surface area contributed by atoms with Crippen molar-refractivity contribution in [2.24, 2.45) is 0 Å². The van der Waals surface area contributed by atoms with Crippen LogP contribution in [-0.2, 0) is 6.54 Å². The molecule has 2 aromatic heterocycles. The Morgan fingerprint density at radius 2 is 1.96 bits per heavy atom. The Labute approximate surface area is 164 Å². The zero-order valence-electron chi connectivity index (χ0n) is 16.7. The van der Waals surface area contributed by atoms with Gasteiger partial charge in [0.05, 0.1) is 15.9 Å². The molecule has 0 unspecified atom stereocenters. The number of carbonyl (C=O) groups excluding carboxylic acids is 1. The summed E-state index contributed by atoms with van der Waals surface area (Å²) in [6.07, 6.45) is 0.882. The summed E-state index contributed by atoms with van der Waals surface area (Å²) in [4.78, 5) is 22.1. The van der Waals surface area contributed by atoms with Gasteiger partial charge in [0.25, 0.3) is 5.91 Å². The van der Waals surface area contributed by atoms with Gasteiger partial charge in [-0.3, -0.25) is 14.4 Å². The van der Waals surface area contributed by atoms with Crippen molar-refractivity contribution in [1.29, 1.82) is 0 Å². The lowest BCUT2D eigenvalue weighted by atomic mass is 10.2. The van der Waals surface area contributed by atoms with E-state index >= 15 is 0 Å². The Kier molecular flexibility index (Phi) is 5.92. The first kappa shape index (κ1) is 19.5. The molecule has 1 aromatic carbocycles.